The first kappa shape index (κ1) is 17.6. The van der Waals surface area contributed by atoms with Crippen LogP contribution in [-0.2, 0) is 0 Å². The monoisotopic (exact) mass is 316 g/mol. The highest BCUT2D eigenvalue weighted by atomic mass is 35.5. The second-order valence-electron chi connectivity index (χ2n) is 4.67. The summed E-state index contributed by atoms with van der Waals surface area (Å²) in [5.74, 6) is -0.330. The molecule has 2 aromatic heterocycles. The third kappa shape index (κ3) is 4.25. The van der Waals surface area contributed by atoms with E-state index in [2.05, 4.69) is 9.97 Å². The van der Waals surface area contributed by atoms with Crippen LogP contribution in [0.25, 0.3) is 0 Å². The molecule has 0 saturated carbocycles. The fourth-order valence-corrected chi connectivity index (χ4v) is 1.84. The number of aryl methyl sites for hydroxylation is 4. The van der Waals surface area contributed by atoms with E-state index in [1.165, 1.54) is 6.07 Å². The molecule has 0 aliphatic heterocycles. The Morgan fingerprint density at radius 3 is 1.77 bits per heavy atom. The van der Waals surface area contributed by atoms with Gasteiger partial charge in [-0.05, 0) is 51.0 Å². The first-order chi connectivity index (χ1) is 10.3. The first-order valence-corrected chi connectivity index (χ1v) is 6.75. The lowest BCUT2D eigenvalue weighted by atomic mass is 10.2. The number of nitrogens with zero attached hydrogens (tertiary/aromatic N) is 4. The van der Waals surface area contributed by atoms with Crippen molar-refractivity contribution in [1.29, 1.82) is 10.5 Å². The summed E-state index contributed by atoms with van der Waals surface area (Å²) >= 11 is 5.83. The lowest BCUT2D eigenvalue weighted by molar-refractivity contribution is 0.600. The summed E-state index contributed by atoms with van der Waals surface area (Å²) in [7, 11) is 0. The van der Waals surface area contributed by atoms with E-state index < -0.39 is 0 Å². The van der Waals surface area contributed by atoms with E-state index >= 15 is 0 Å². The zero-order valence-electron chi connectivity index (χ0n) is 12.7. The molecule has 0 aromatic carbocycles. The summed E-state index contributed by atoms with van der Waals surface area (Å²) in [6.45, 7) is 6.81. The fraction of sp³-hybridized carbons (Fsp3) is 0.250. The maximum absolute atomic E-state index is 12.9. The zero-order valence-corrected chi connectivity index (χ0v) is 13.5. The second kappa shape index (κ2) is 7.49. The van der Waals surface area contributed by atoms with Gasteiger partial charge in [0.1, 0.15) is 29.3 Å². The number of pyridine rings is 2. The first-order valence-electron chi connectivity index (χ1n) is 6.37. The minimum Gasteiger partial charge on any atom is -0.241 e. The predicted octanol–water partition coefficient (Wildman–Crippen LogP) is 3.93. The molecule has 0 unspecified atom stereocenters. The van der Waals surface area contributed by atoms with Crippen LogP contribution in [0.15, 0.2) is 12.1 Å². The lowest BCUT2D eigenvalue weighted by Gasteiger charge is -2.00. The van der Waals surface area contributed by atoms with Gasteiger partial charge in [0.25, 0.3) is 0 Å². The molecule has 112 valence electrons. The van der Waals surface area contributed by atoms with Crippen molar-refractivity contribution >= 4 is 11.6 Å². The van der Waals surface area contributed by atoms with Gasteiger partial charge in [0.15, 0.2) is 0 Å². The van der Waals surface area contributed by atoms with E-state index in [-0.39, 0.29) is 17.2 Å². The molecule has 2 heterocycles. The van der Waals surface area contributed by atoms with Crippen LogP contribution in [0.5, 0.6) is 0 Å². The molecule has 0 spiro atoms. The van der Waals surface area contributed by atoms with Crippen molar-refractivity contribution < 1.29 is 4.39 Å². The largest absolute Gasteiger partial charge is 0.241 e. The van der Waals surface area contributed by atoms with E-state index in [4.69, 9.17) is 22.1 Å². The SMILES string of the molecule is Cc1cc(C#N)nc(C)c1Cl.Cc1cc(C#N)nc(C)c1F. The highest BCUT2D eigenvalue weighted by Gasteiger charge is 2.04. The molecule has 0 aliphatic rings. The standard InChI is InChI=1S/C8H7ClN2.C8H7FN2/c2*1-5-3-7(4-10)11-6(2)8(5)9/h2*3H,1-2H3. The molecule has 0 amide bonds. The van der Waals surface area contributed by atoms with Gasteiger partial charge < -0.3 is 0 Å². The summed E-state index contributed by atoms with van der Waals surface area (Å²) in [5, 5.41) is 17.6. The van der Waals surface area contributed by atoms with E-state index in [9.17, 15) is 4.39 Å². The Hall–Kier alpha value is -2.50. The molecule has 22 heavy (non-hydrogen) atoms. The highest BCUT2D eigenvalue weighted by molar-refractivity contribution is 6.31. The smallest absolute Gasteiger partial charge is 0.147 e. The van der Waals surface area contributed by atoms with Crippen molar-refractivity contribution in [3.8, 4) is 12.1 Å². The minimum atomic E-state index is -0.330. The molecule has 0 saturated heterocycles. The van der Waals surface area contributed by atoms with Crippen molar-refractivity contribution in [2.45, 2.75) is 27.7 Å². The van der Waals surface area contributed by atoms with Crippen LogP contribution in [0.3, 0.4) is 0 Å². The summed E-state index contributed by atoms with van der Waals surface area (Å²) in [6, 6.07) is 6.93. The molecular weight excluding hydrogens is 303 g/mol. The van der Waals surface area contributed by atoms with Crippen LogP contribution < -0.4 is 0 Å². The Morgan fingerprint density at radius 1 is 0.909 bits per heavy atom. The number of hydrogen-bond donors (Lipinski definition) is 0. The van der Waals surface area contributed by atoms with Crippen LogP contribution >= 0.6 is 11.6 Å². The summed E-state index contributed by atoms with van der Waals surface area (Å²) in [6.07, 6.45) is 0. The van der Waals surface area contributed by atoms with E-state index in [0.29, 0.717) is 22.0 Å². The maximum atomic E-state index is 12.9. The molecule has 0 aliphatic carbocycles. The van der Waals surface area contributed by atoms with Crippen molar-refractivity contribution in [3.05, 3.63) is 56.9 Å². The fourth-order valence-electron chi connectivity index (χ4n) is 1.75. The average molecular weight is 317 g/mol. The highest BCUT2D eigenvalue weighted by Crippen LogP contribution is 2.18. The molecule has 0 N–H and O–H groups in total. The van der Waals surface area contributed by atoms with E-state index in [0.717, 1.165) is 5.56 Å². The van der Waals surface area contributed by atoms with Gasteiger partial charge >= 0.3 is 0 Å². The molecule has 0 bridgehead atoms. The number of rotatable bonds is 0. The Morgan fingerprint density at radius 2 is 1.36 bits per heavy atom. The minimum absolute atomic E-state index is 0.265. The quantitative estimate of drug-likeness (QED) is 0.738. The van der Waals surface area contributed by atoms with Gasteiger partial charge in [-0.25, -0.2) is 14.4 Å². The van der Waals surface area contributed by atoms with Gasteiger partial charge in [0, 0.05) is 0 Å². The summed E-state index contributed by atoms with van der Waals surface area (Å²) in [4.78, 5) is 7.67. The van der Waals surface area contributed by atoms with Crippen LogP contribution in [0.4, 0.5) is 4.39 Å². The van der Waals surface area contributed by atoms with Crippen molar-refractivity contribution in [1.82, 2.24) is 9.97 Å². The second-order valence-corrected chi connectivity index (χ2v) is 5.05. The van der Waals surface area contributed by atoms with Gasteiger partial charge in [-0.15, -0.1) is 0 Å². The third-order valence-corrected chi connectivity index (χ3v) is 3.41. The van der Waals surface area contributed by atoms with E-state index in [1.54, 1.807) is 26.8 Å². The van der Waals surface area contributed by atoms with Crippen molar-refractivity contribution in [3.63, 3.8) is 0 Å². The Labute approximate surface area is 133 Å². The molecule has 0 atom stereocenters. The number of nitriles is 2. The molecular formula is C16H14ClFN4. The molecule has 0 radical (unpaired) electrons. The molecule has 0 fully saturated rings. The number of halogens is 2. The summed E-state index contributed by atoms with van der Waals surface area (Å²) in [5.41, 5.74) is 3.04. The van der Waals surface area contributed by atoms with Gasteiger partial charge in [-0.3, -0.25) is 0 Å². The Bertz CT molecular complexity index is 674. The maximum Gasteiger partial charge on any atom is 0.147 e. The normalized spacial score (nSPS) is 9.27. The molecule has 4 nitrogen and oxygen atoms in total. The summed E-state index contributed by atoms with van der Waals surface area (Å²) < 4.78 is 12.9. The molecule has 2 aromatic rings. The molecule has 2 rings (SSSR count). The van der Waals surface area contributed by atoms with Crippen molar-refractivity contribution in [2.75, 3.05) is 0 Å². The van der Waals surface area contributed by atoms with E-state index in [1.807, 2.05) is 19.1 Å². The predicted molar refractivity (Wildman–Crippen MR) is 81.8 cm³/mol. The number of hydrogen-bond acceptors (Lipinski definition) is 4. The third-order valence-electron chi connectivity index (χ3n) is 2.84. The van der Waals surface area contributed by atoms with Crippen LogP contribution in [0.1, 0.15) is 33.9 Å². The van der Waals surface area contributed by atoms with Gasteiger partial charge in [0.05, 0.1) is 16.4 Å². The average Bonchev–Trinajstić information content (AvgIpc) is 2.49. The van der Waals surface area contributed by atoms with Gasteiger partial charge in [0.2, 0.25) is 0 Å². The number of aromatic nitrogens is 2. The van der Waals surface area contributed by atoms with Crippen LogP contribution in [0, 0.1) is 56.2 Å². The zero-order chi connectivity index (χ0) is 16.9. The molecule has 6 heteroatoms. The Balaban J connectivity index is 0.000000220. The van der Waals surface area contributed by atoms with Crippen LogP contribution in [0.2, 0.25) is 5.02 Å². The van der Waals surface area contributed by atoms with Gasteiger partial charge in [-0.2, -0.15) is 10.5 Å². The lowest BCUT2D eigenvalue weighted by Crippen LogP contribution is -1.94. The topological polar surface area (TPSA) is 73.4 Å². The van der Waals surface area contributed by atoms with Crippen molar-refractivity contribution in [2.24, 2.45) is 0 Å². The van der Waals surface area contributed by atoms with Gasteiger partial charge in [-0.1, -0.05) is 11.6 Å². The van der Waals surface area contributed by atoms with Crippen LogP contribution in [-0.4, -0.2) is 9.97 Å². The Kier molecular flexibility index (Phi) is 5.98.